The van der Waals surface area contributed by atoms with Crippen molar-refractivity contribution in [3.05, 3.63) is 36.4 Å². The molecule has 0 aliphatic rings. The van der Waals surface area contributed by atoms with Gasteiger partial charge in [-0.15, -0.1) is 0 Å². The number of benzene rings is 1. The molecule has 1 N–H and O–H groups in total. The molecule has 0 saturated heterocycles. The number of rotatable bonds is 2. The summed E-state index contributed by atoms with van der Waals surface area (Å²) >= 11 is 0. The lowest BCUT2D eigenvalue weighted by Crippen LogP contribution is -2.07. The molecular weight excluding hydrogens is 162 g/mol. The molecule has 0 atom stereocenters. The highest BCUT2D eigenvalue weighted by atomic mass is 16.1. The molecule has 0 saturated carbocycles. The van der Waals surface area contributed by atoms with E-state index in [-0.39, 0.29) is 5.91 Å². The molecule has 0 unspecified atom stereocenters. The van der Waals surface area contributed by atoms with E-state index in [9.17, 15) is 4.79 Å². The summed E-state index contributed by atoms with van der Waals surface area (Å²) in [5.41, 5.74) is 2.75. The SMILES string of the molecule is C=C(C)c1ccccc1NC(C)=O. The molecule has 0 bridgehead atoms. The van der Waals surface area contributed by atoms with E-state index in [0.29, 0.717) is 0 Å². The minimum absolute atomic E-state index is 0.0614. The maximum absolute atomic E-state index is 10.8. The minimum atomic E-state index is -0.0614. The molecular formula is C11H13NO. The van der Waals surface area contributed by atoms with E-state index in [1.54, 1.807) is 0 Å². The normalized spacial score (nSPS) is 9.38. The van der Waals surface area contributed by atoms with E-state index in [2.05, 4.69) is 11.9 Å². The summed E-state index contributed by atoms with van der Waals surface area (Å²) in [6.45, 7) is 7.25. The fourth-order valence-electron chi connectivity index (χ4n) is 1.15. The predicted molar refractivity (Wildman–Crippen MR) is 55.5 cm³/mol. The maximum atomic E-state index is 10.8. The van der Waals surface area contributed by atoms with Gasteiger partial charge in [0, 0.05) is 18.2 Å². The van der Waals surface area contributed by atoms with E-state index in [4.69, 9.17) is 0 Å². The third-order valence-electron chi connectivity index (χ3n) is 1.70. The van der Waals surface area contributed by atoms with Crippen LogP contribution in [0.25, 0.3) is 5.57 Å². The van der Waals surface area contributed by atoms with E-state index < -0.39 is 0 Å². The van der Waals surface area contributed by atoms with Crippen LogP contribution in [0.2, 0.25) is 0 Å². The number of carbonyl (C=O) groups is 1. The van der Waals surface area contributed by atoms with Crippen LogP contribution >= 0.6 is 0 Å². The smallest absolute Gasteiger partial charge is 0.221 e. The fraction of sp³-hybridized carbons (Fsp3) is 0.182. The molecule has 1 aromatic carbocycles. The van der Waals surface area contributed by atoms with Gasteiger partial charge in [0.2, 0.25) is 5.91 Å². The maximum Gasteiger partial charge on any atom is 0.221 e. The van der Waals surface area contributed by atoms with Crippen LogP contribution in [-0.2, 0) is 4.79 Å². The minimum Gasteiger partial charge on any atom is -0.326 e. The lowest BCUT2D eigenvalue weighted by molar-refractivity contribution is -0.114. The molecule has 1 aromatic rings. The summed E-state index contributed by atoms with van der Waals surface area (Å²) in [7, 11) is 0. The molecule has 0 radical (unpaired) electrons. The number of allylic oxidation sites excluding steroid dienone is 1. The fourth-order valence-corrected chi connectivity index (χ4v) is 1.15. The Morgan fingerprint density at radius 3 is 2.46 bits per heavy atom. The molecule has 0 aromatic heterocycles. The van der Waals surface area contributed by atoms with Crippen LogP contribution in [0.4, 0.5) is 5.69 Å². The Bertz CT molecular complexity index is 342. The summed E-state index contributed by atoms with van der Waals surface area (Å²) in [5, 5.41) is 2.75. The highest BCUT2D eigenvalue weighted by Crippen LogP contribution is 2.21. The zero-order chi connectivity index (χ0) is 9.84. The van der Waals surface area contributed by atoms with Gasteiger partial charge in [-0.3, -0.25) is 4.79 Å². The highest BCUT2D eigenvalue weighted by Gasteiger charge is 2.02. The summed E-state index contributed by atoms with van der Waals surface area (Å²) in [4.78, 5) is 10.8. The average molecular weight is 175 g/mol. The van der Waals surface area contributed by atoms with Crippen LogP contribution in [-0.4, -0.2) is 5.91 Å². The van der Waals surface area contributed by atoms with Crippen LogP contribution in [0.3, 0.4) is 0 Å². The molecule has 0 heterocycles. The van der Waals surface area contributed by atoms with Crippen LogP contribution in [0.15, 0.2) is 30.8 Å². The summed E-state index contributed by atoms with van der Waals surface area (Å²) < 4.78 is 0. The Kier molecular flexibility index (Phi) is 2.85. The number of anilines is 1. The van der Waals surface area contributed by atoms with Crippen molar-refractivity contribution >= 4 is 17.2 Å². The Morgan fingerprint density at radius 1 is 1.31 bits per heavy atom. The van der Waals surface area contributed by atoms with E-state index in [0.717, 1.165) is 16.8 Å². The zero-order valence-corrected chi connectivity index (χ0v) is 7.92. The van der Waals surface area contributed by atoms with E-state index in [1.165, 1.54) is 6.92 Å². The molecule has 0 aliphatic carbocycles. The van der Waals surface area contributed by atoms with Gasteiger partial charge in [0.25, 0.3) is 0 Å². The third-order valence-corrected chi connectivity index (χ3v) is 1.70. The monoisotopic (exact) mass is 175 g/mol. The van der Waals surface area contributed by atoms with Gasteiger partial charge >= 0.3 is 0 Å². The van der Waals surface area contributed by atoms with Crippen LogP contribution in [0.5, 0.6) is 0 Å². The molecule has 2 heteroatoms. The van der Waals surface area contributed by atoms with Crippen LogP contribution in [0, 0.1) is 0 Å². The molecule has 0 aliphatic heterocycles. The van der Waals surface area contributed by atoms with Gasteiger partial charge < -0.3 is 5.32 Å². The summed E-state index contributed by atoms with van der Waals surface area (Å²) in [5.74, 6) is -0.0614. The number of para-hydroxylation sites is 1. The Labute approximate surface area is 78.3 Å². The van der Waals surface area contributed by atoms with Gasteiger partial charge in [-0.25, -0.2) is 0 Å². The summed E-state index contributed by atoms with van der Waals surface area (Å²) in [6, 6.07) is 7.62. The summed E-state index contributed by atoms with van der Waals surface area (Å²) in [6.07, 6.45) is 0. The first-order valence-electron chi connectivity index (χ1n) is 4.14. The molecule has 1 rings (SSSR count). The standard InChI is InChI=1S/C11H13NO/c1-8(2)10-6-4-5-7-11(10)12-9(3)13/h4-7H,1H2,2-3H3,(H,12,13). The van der Waals surface area contributed by atoms with Crippen molar-refractivity contribution in [2.45, 2.75) is 13.8 Å². The molecule has 0 fully saturated rings. The second-order valence-electron chi connectivity index (χ2n) is 3.01. The molecule has 68 valence electrons. The quantitative estimate of drug-likeness (QED) is 0.735. The van der Waals surface area contributed by atoms with Crippen molar-refractivity contribution < 1.29 is 4.79 Å². The largest absolute Gasteiger partial charge is 0.326 e. The predicted octanol–water partition coefficient (Wildman–Crippen LogP) is 2.68. The first-order chi connectivity index (χ1) is 6.11. The van der Waals surface area contributed by atoms with Gasteiger partial charge in [-0.1, -0.05) is 24.8 Å². The molecule has 13 heavy (non-hydrogen) atoms. The zero-order valence-electron chi connectivity index (χ0n) is 7.92. The second-order valence-corrected chi connectivity index (χ2v) is 3.01. The number of hydrogen-bond acceptors (Lipinski definition) is 1. The topological polar surface area (TPSA) is 29.1 Å². The van der Waals surface area contributed by atoms with Gasteiger partial charge in [0.15, 0.2) is 0 Å². The molecule has 2 nitrogen and oxygen atoms in total. The van der Waals surface area contributed by atoms with Crippen molar-refractivity contribution in [2.75, 3.05) is 5.32 Å². The van der Waals surface area contributed by atoms with Crippen molar-refractivity contribution in [1.29, 1.82) is 0 Å². The number of nitrogens with one attached hydrogen (secondary N) is 1. The van der Waals surface area contributed by atoms with Gasteiger partial charge in [-0.05, 0) is 18.6 Å². The second kappa shape index (κ2) is 3.90. The van der Waals surface area contributed by atoms with Gasteiger partial charge in [0.1, 0.15) is 0 Å². The van der Waals surface area contributed by atoms with Crippen molar-refractivity contribution in [1.82, 2.24) is 0 Å². The van der Waals surface area contributed by atoms with Gasteiger partial charge in [0.05, 0.1) is 0 Å². The Morgan fingerprint density at radius 2 is 1.92 bits per heavy atom. The number of hydrogen-bond donors (Lipinski definition) is 1. The van der Waals surface area contributed by atoms with Crippen LogP contribution in [0.1, 0.15) is 19.4 Å². The first-order valence-corrected chi connectivity index (χ1v) is 4.14. The number of carbonyl (C=O) groups excluding carboxylic acids is 1. The lowest BCUT2D eigenvalue weighted by atomic mass is 10.1. The van der Waals surface area contributed by atoms with Crippen molar-refractivity contribution in [3.8, 4) is 0 Å². The van der Waals surface area contributed by atoms with Gasteiger partial charge in [-0.2, -0.15) is 0 Å². The first kappa shape index (κ1) is 9.52. The number of amides is 1. The van der Waals surface area contributed by atoms with Crippen LogP contribution < -0.4 is 5.32 Å². The third kappa shape index (κ3) is 2.44. The average Bonchev–Trinajstić information content (AvgIpc) is 2.03. The molecule has 0 spiro atoms. The van der Waals surface area contributed by atoms with E-state index in [1.807, 2.05) is 31.2 Å². The van der Waals surface area contributed by atoms with E-state index >= 15 is 0 Å². The lowest BCUT2D eigenvalue weighted by Gasteiger charge is -2.08. The van der Waals surface area contributed by atoms with Crippen molar-refractivity contribution in [2.24, 2.45) is 0 Å². The molecule has 1 amide bonds. The highest BCUT2D eigenvalue weighted by molar-refractivity contribution is 5.92. The van der Waals surface area contributed by atoms with Crippen molar-refractivity contribution in [3.63, 3.8) is 0 Å². The Hall–Kier alpha value is -1.57. The Balaban J connectivity index is 3.04.